The molecule has 0 spiro atoms. The summed E-state index contributed by atoms with van der Waals surface area (Å²) in [6, 6.07) is 5.88. The predicted octanol–water partition coefficient (Wildman–Crippen LogP) is 1.54. The van der Waals surface area contributed by atoms with Gasteiger partial charge in [0, 0.05) is 13.6 Å². The van der Waals surface area contributed by atoms with Gasteiger partial charge in [-0.05, 0) is 31.0 Å². The standard InChI is InChI=1S/C13H21N3O/c1-4-7-16(9-13(17)15-3)12-8-10(2)5-6-11(12)14/h5-6,8H,4,7,9,14H2,1-3H3,(H,15,17). The highest BCUT2D eigenvalue weighted by Gasteiger charge is 2.12. The Bertz CT molecular complexity index is 390. The SMILES string of the molecule is CCCN(CC(=O)NC)c1cc(C)ccc1N. The second kappa shape index (κ2) is 6.13. The van der Waals surface area contributed by atoms with Crippen LogP contribution in [0.1, 0.15) is 18.9 Å². The topological polar surface area (TPSA) is 58.4 Å². The molecule has 0 saturated carbocycles. The summed E-state index contributed by atoms with van der Waals surface area (Å²) in [6.45, 7) is 5.27. The number of nitrogens with two attached hydrogens (primary N) is 1. The largest absolute Gasteiger partial charge is 0.397 e. The van der Waals surface area contributed by atoms with Crippen LogP contribution >= 0.6 is 0 Å². The van der Waals surface area contributed by atoms with Crippen LogP contribution in [-0.4, -0.2) is 26.0 Å². The van der Waals surface area contributed by atoms with E-state index in [1.54, 1.807) is 7.05 Å². The number of likely N-dealkylation sites (N-methyl/N-ethyl adjacent to an activating group) is 1. The van der Waals surface area contributed by atoms with Crippen LogP contribution in [-0.2, 0) is 4.79 Å². The van der Waals surface area contributed by atoms with Crippen molar-refractivity contribution in [1.82, 2.24) is 5.32 Å². The summed E-state index contributed by atoms with van der Waals surface area (Å²) in [5, 5.41) is 2.64. The van der Waals surface area contributed by atoms with Crippen molar-refractivity contribution in [2.45, 2.75) is 20.3 Å². The van der Waals surface area contributed by atoms with E-state index in [1.165, 1.54) is 0 Å². The number of anilines is 2. The van der Waals surface area contributed by atoms with Gasteiger partial charge in [-0.15, -0.1) is 0 Å². The van der Waals surface area contributed by atoms with Crippen LogP contribution in [0.4, 0.5) is 11.4 Å². The molecule has 4 heteroatoms. The Morgan fingerprint density at radius 1 is 1.47 bits per heavy atom. The van der Waals surface area contributed by atoms with Gasteiger partial charge in [-0.1, -0.05) is 13.0 Å². The molecule has 0 aromatic heterocycles. The summed E-state index contributed by atoms with van der Waals surface area (Å²) in [5.41, 5.74) is 8.77. The zero-order chi connectivity index (χ0) is 12.8. The van der Waals surface area contributed by atoms with Gasteiger partial charge in [0.15, 0.2) is 0 Å². The summed E-state index contributed by atoms with van der Waals surface area (Å²) in [7, 11) is 1.64. The van der Waals surface area contributed by atoms with Crippen LogP contribution in [0.3, 0.4) is 0 Å². The number of hydrogen-bond donors (Lipinski definition) is 2. The fourth-order valence-electron chi connectivity index (χ4n) is 1.73. The molecule has 0 saturated heterocycles. The number of hydrogen-bond acceptors (Lipinski definition) is 3. The highest BCUT2D eigenvalue weighted by molar-refractivity contribution is 5.83. The first-order valence-corrected chi connectivity index (χ1v) is 5.90. The van der Waals surface area contributed by atoms with E-state index in [1.807, 2.05) is 30.0 Å². The maximum atomic E-state index is 11.5. The summed E-state index contributed by atoms with van der Waals surface area (Å²) < 4.78 is 0. The van der Waals surface area contributed by atoms with Crippen molar-refractivity contribution < 1.29 is 4.79 Å². The minimum Gasteiger partial charge on any atom is -0.397 e. The summed E-state index contributed by atoms with van der Waals surface area (Å²) in [6.07, 6.45) is 0.977. The van der Waals surface area contributed by atoms with Gasteiger partial charge in [0.2, 0.25) is 5.91 Å². The molecule has 1 rings (SSSR count). The van der Waals surface area contributed by atoms with E-state index in [9.17, 15) is 4.79 Å². The molecular formula is C13H21N3O. The van der Waals surface area contributed by atoms with E-state index >= 15 is 0 Å². The Hall–Kier alpha value is -1.71. The van der Waals surface area contributed by atoms with Crippen LogP contribution in [0.2, 0.25) is 0 Å². The molecule has 0 radical (unpaired) electrons. The summed E-state index contributed by atoms with van der Waals surface area (Å²) in [4.78, 5) is 13.5. The quantitative estimate of drug-likeness (QED) is 0.761. The lowest BCUT2D eigenvalue weighted by molar-refractivity contribution is -0.119. The maximum absolute atomic E-state index is 11.5. The number of nitrogen functional groups attached to an aromatic ring is 1. The lowest BCUT2D eigenvalue weighted by Gasteiger charge is -2.25. The Balaban J connectivity index is 2.95. The fourth-order valence-corrected chi connectivity index (χ4v) is 1.73. The molecule has 0 aliphatic heterocycles. The number of carbonyl (C=O) groups is 1. The zero-order valence-electron chi connectivity index (χ0n) is 10.8. The summed E-state index contributed by atoms with van der Waals surface area (Å²) >= 11 is 0. The Morgan fingerprint density at radius 2 is 2.18 bits per heavy atom. The van der Waals surface area contributed by atoms with Gasteiger partial charge < -0.3 is 16.0 Å². The molecule has 1 amide bonds. The van der Waals surface area contributed by atoms with Crippen molar-refractivity contribution in [2.24, 2.45) is 0 Å². The number of nitrogens with one attached hydrogen (secondary N) is 1. The third-order valence-electron chi connectivity index (χ3n) is 2.63. The molecule has 0 atom stereocenters. The van der Waals surface area contributed by atoms with Gasteiger partial charge in [0.05, 0.1) is 17.9 Å². The van der Waals surface area contributed by atoms with E-state index in [4.69, 9.17) is 5.73 Å². The van der Waals surface area contributed by atoms with E-state index in [-0.39, 0.29) is 5.91 Å². The van der Waals surface area contributed by atoms with Gasteiger partial charge >= 0.3 is 0 Å². The number of carbonyl (C=O) groups excluding carboxylic acids is 1. The van der Waals surface area contributed by atoms with Gasteiger partial charge in [0.25, 0.3) is 0 Å². The lowest BCUT2D eigenvalue weighted by atomic mass is 10.1. The smallest absolute Gasteiger partial charge is 0.239 e. The maximum Gasteiger partial charge on any atom is 0.239 e. The minimum atomic E-state index is -0.000596. The molecule has 0 aliphatic carbocycles. The molecule has 0 bridgehead atoms. The van der Waals surface area contributed by atoms with Crippen molar-refractivity contribution in [3.8, 4) is 0 Å². The average Bonchev–Trinajstić information content (AvgIpc) is 2.31. The number of amides is 1. The van der Waals surface area contributed by atoms with Crippen molar-refractivity contribution in [1.29, 1.82) is 0 Å². The molecule has 17 heavy (non-hydrogen) atoms. The van der Waals surface area contributed by atoms with Gasteiger partial charge in [0.1, 0.15) is 0 Å². The first-order chi connectivity index (χ1) is 8.08. The van der Waals surface area contributed by atoms with Crippen molar-refractivity contribution in [3.63, 3.8) is 0 Å². The van der Waals surface area contributed by atoms with Crippen molar-refractivity contribution in [3.05, 3.63) is 23.8 Å². The van der Waals surface area contributed by atoms with Gasteiger partial charge in [-0.2, -0.15) is 0 Å². The molecule has 1 aromatic rings. The first-order valence-electron chi connectivity index (χ1n) is 5.90. The average molecular weight is 235 g/mol. The third kappa shape index (κ3) is 3.66. The molecule has 1 aromatic carbocycles. The minimum absolute atomic E-state index is 0.000596. The van der Waals surface area contributed by atoms with Crippen LogP contribution in [0.15, 0.2) is 18.2 Å². The van der Waals surface area contributed by atoms with Crippen LogP contribution in [0.25, 0.3) is 0 Å². The number of rotatable bonds is 5. The van der Waals surface area contributed by atoms with E-state index < -0.39 is 0 Å². The number of benzene rings is 1. The Morgan fingerprint density at radius 3 is 2.76 bits per heavy atom. The van der Waals surface area contributed by atoms with Crippen molar-refractivity contribution in [2.75, 3.05) is 30.8 Å². The number of aryl methyl sites for hydroxylation is 1. The Labute approximate surface area is 103 Å². The molecule has 0 fully saturated rings. The van der Waals surface area contributed by atoms with E-state index in [2.05, 4.69) is 12.2 Å². The molecule has 0 aliphatic rings. The predicted molar refractivity (Wildman–Crippen MR) is 72.2 cm³/mol. The lowest BCUT2D eigenvalue weighted by Crippen LogP contribution is -2.36. The monoisotopic (exact) mass is 235 g/mol. The normalized spacial score (nSPS) is 10.1. The zero-order valence-corrected chi connectivity index (χ0v) is 10.8. The van der Waals surface area contributed by atoms with Crippen molar-refractivity contribution >= 4 is 17.3 Å². The van der Waals surface area contributed by atoms with Gasteiger partial charge in [-0.3, -0.25) is 4.79 Å². The summed E-state index contributed by atoms with van der Waals surface area (Å²) in [5.74, 6) is -0.000596. The van der Waals surface area contributed by atoms with Crippen LogP contribution in [0.5, 0.6) is 0 Å². The fraction of sp³-hybridized carbons (Fsp3) is 0.462. The van der Waals surface area contributed by atoms with Gasteiger partial charge in [-0.25, -0.2) is 0 Å². The molecule has 94 valence electrons. The number of nitrogens with zero attached hydrogens (tertiary/aromatic N) is 1. The molecule has 4 nitrogen and oxygen atoms in total. The Kier molecular flexibility index (Phi) is 4.82. The highest BCUT2D eigenvalue weighted by Crippen LogP contribution is 2.24. The molecule has 0 heterocycles. The second-order valence-corrected chi connectivity index (χ2v) is 4.16. The third-order valence-corrected chi connectivity index (χ3v) is 2.63. The second-order valence-electron chi connectivity index (χ2n) is 4.16. The van der Waals surface area contributed by atoms with E-state index in [0.29, 0.717) is 12.2 Å². The molecular weight excluding hydrogens is 214 g/mol. The highest BCUT2D eigenvalue weighted by atomic mass is 16.1. The first kappa shape index (κ1) is 13.4. The van der Waals surface area contributed by atoms with E-state index in [0.717, 1.165) is 24.2 Å². The molecule has 3 N–H and O–H groups in total. The van der Waals surface area contributed by atoms with Crippen LogP contribution < -0.4 is 16.0 Å². The van der Waals surface area contributed by atoms with Crippen LogP contribution in [0, 0.1) is 6.92 Å². The molecule has 0 unspecified atom stereocenters.